The maximum atomic E-state index is 10.6. The second-order valence-corrected chi connectivity index (χ2v) is 4.99. The molecule has 4 nitrogen and oxygen atoms in total. The van der Waals surface area contributed by atoms with Crippen molar-refractivity contribution in [1.82, 2.24) is 4.90 Å². The van der Waals surface area contributed by atoms with Gasteiger partial charge in [0.15, 0.2) is 0 Å². The lowest BCUT2D eigenvalue weighted by atomic mass is 9.88. The molecule has 0 saturated carbocycles. The highest BCUT2D eigenvalue weighted by Crippen LogP contribution is 2.25. The minimum absolute atomic E-state index is 0.123. The molecule has 1 aliphatic heterocycles. The Morgan fingerprint density at radius 2 is 1.93 bits per heavy atom. The molecule has 88 valence electrons. The zero-order valence-corrected chi connectivity index (χ0v) is 9.57. The third-order valence-electron chi connectivity index (χ3n) is 2.89. The fourth-order valence-electron chi connectivity index (χ4n) is 2.13. The fourth-order valence-corrected chi connectivity index (χ4v) is 2.13. The van der Waals surface area contributed by atoms with Gasteiger partial charge in [0.25, 0.3) is 0 Å². The second kappa shape index (κ2) is 4.94. The molecule has 0 radical (unpaired) electrons. The summed E-state index contributed by atoms with van der Waals surface area (Å²) in [6.45, 7) is 6.98. The average molecular weight is 215 g/mol. The lowest BCUT2D eigenvalue weighted by molar-refractivity contribution is -0.144. The largest absolute Gasteiger partial charge is 0.481 e. The zero-order chi connectivity index (χ0) is 11.5. The molecule has 1 aliphatic rings. The summed E-state index contributed by atoms with van der Waals surface area (Å²) in [6, 6.07) is 0. The van der Waals surface area contributed by atoms with E-state index in [1.54, 1.807) is 0 Å². The van der Waals surface area contributed by atoms with E-state index in [0.29, 0.717) is 18.8 Å². The van der Waals surface area contributed by atoms with E-state index in [1.807, 2.05) is 0 Å². The van der Waals surface area contributed by atoms with Gasteiger partial charge >= 0.3 is 5.97 Å². The van der Waals surface area contributed by atoms with E-state index >= 15 is 0 Å². The highest BCUT2D eigenvalue weighted by atomic mass is 16.4. The summed E-state index contributed by atoms with van der Waals surface area (Å²) >= 11 is 0. The van der Waals surface area contributed by atoms with E-state index in [1.165, 1.54) is 0 Å². The molecule has 0 bridgehead atoms. The number of likely N-dealkylation sites (tertiary alicyclic amines) is 1. The Hall–Kier alpha value is -0.610. The van der Waals surface area contributed by atoms with Crippen LogP contribution in [-0.4, -0.2) is 46.3 Å². The predicted octanol–water partition coefficient (Wildman–Crippen LogP) is 0.944. The summed E-state index contributed by atoms with van der Waals surface area (Å²) in [6.07, 6.45) is 1.03. The molecular formula is C11H21NO3. The lowest BCUT2D eigenvalue weighted by Gasteiger charge is -2.38. The van der Waals surface area contributed by atoms with Crippen molar-refractivity contribution in [3.05, 3.63) is 0 Å². The molecule has 1 saturated heterocycles. The summed E-state index contributed by atoms with van der Waals surface area (Å²) < 4.78 is 0. The van der Waals surface area contributed by atoms with E-state index < -0.39 is 11.6 Å². The van der Waals surface area contributed by atoms with Gasteiger partial charge in [0.2, 0.25) is 0 Å². The Balaban J connectivity index is 2.37. The number of rotatable bonds is 4. The van der Waals surface area contributed by atoms with Crippen LogP contribution in [0.3, 0.4) is 0 Å². The molecule has 0 atom stereocenters. The molecule has 1 rings (SSSR count). The quantitative estimate of drug-likeness (QED) is 0.733. The summed E-state index contributed by atoms with van der Waals surface area (Å²) in [5.74, 6) is -0.287. The predicted molar refractivity (Wildman–Crippen MR) is 57.7 cm³/mol. The van der Waals surface area contributed by atoms with Crippen LogP contribution in [0.5, 0.6) is 0 Å². The molecule has 4 heteroatoms. The molecule has 0 aromatic rings. The highest BCUT2D eigenvalue weighted by Gasteiger charge is 2.34. The van der Waals surface area contributed by atoms with Gasteiger partial charge in [-0.1, -0.05) is 13.8 Å². The van der Waals surface area contributed by atoms with E-state index in [4.69, 9.17) is 5.11 Å². The number of aliphatic carboxylic acids is 1. The van der Waals surface area contributed by atoms with Crippen LogP contribution >= 0.6 is 0 Å². The van der Waals surface area contributed by atoms with Crippen LogP contribution in [-0.2, 0) is 4.79 Å². The third kappa shape index (κ3) is 4.18. The number of piperidine rings is 1. The standard InChI is InChI=1S/C11H21NO3/c1-9(2)8-12-5-3-11(15,4-6-12)7-10(13)14/h9,15H,3-8H2,1-2H3,(H,13,14). The fraction of sp³-hybridized carbons (Fsp3) is 0.909. The van der Waals surface area contributed by atoms with Gasteiger partial charge in [0, 0.05) is 19.6 Å². The normalized spacial score (nSPS) is 21.9. The number of carboxylic acid groups (broad SMARTS) is 1. The molecule has 0 aromatic heterocycles. The van der Waals surface area contributed by atoms with E-state index in [0.717, 1.165) is 19.6 Å². The first-order chi connectivity index (χ1) is 6.91. The van der Waals surface area contributed by atoms with Crippen molar-refractivity contribution >= 4 is 5.97 Å². The number of hydrogen-bond donors (Lipinski definition) is 2. The third-order valence-corrected chi connectivity index (χ3v) is 2.89. The minimum Gasteiger partial charge on any atom is -0.481 e. The smallest absolute Gasteiger partial charge is 0.306 e. The molecule has 0 aromatic carbocycles. The van der Waals surface area contributed by atoms with Gasteiger partial charge < -0.3 is 15.1 Å². The summed E-state index contributed by atoms with van der Waals surface area (Å²) in [4.78, 5) is 12.9. The number of carboxylic acids is 1. The molecule has 15 heavy (non-hydrogen) atoms. The van der Waals surface area contributed by atoms with Crippen molar-refractivity contribution in [1.29, 1.82) is 0 Å². The monoisotopic (exact) mass is 215 g/mol. The second-order valence-electron chi connectivity index (χ2n) is 4.99. The van der Waals surface area contributed by atoms with Gasteiger partial charge in [-0.25, -0.2) is 0 Å². The number of carbonyl (C=O) groups is 1. The molecule has 1 fully saturated rings. The molecule has 0 amide bonds. The van der Waals surface area contributed by atoms with E-state index in [2.05, 4.69) is 18.7 Å². The van der Waals surface area contributed by atoms with Crippen molar-refractivity contribution in [2.45, 2.75) is 38.7 Å². The van der Waals surface area contributed by atoms with E-state index in [-0.39, 0.29) is 6.42 Å². The minimum atomic E-state index is -0.973. The zero-order valence-electron chi connectivity index (χ0n) is 9.57. The Morgan fingerprint density at radius 1 is 1.40 bits per heavy atom. The van der Waals surface area contributed by atoms with Gasteiger partial charge in [0.1, 0.15) is 0 Å². The van der Waals surface area contributed by atoms with Crippen LogP contribution < -0.4 is 0 Å². The van der Waals surface area contributed by atoms with Crippen molar-refractivity contribution in [2.75, 3.05) is 19.6 Å². The maximum absolute atomic E-state index is 10.6. The maximum Gasteiger partial charge on any atom is 0.306 e. The summed E-state index contributed by atoms with van der Waals surface area (Å²) in [7, 11) is 0. The number of aliphatic hydroxyl groups is 1. The van der Waals surface area contributed by atoms with Gasteiger partial charge in [-0.05, 0) is 18.8 Å². The van der Waals surface area contributed by atoms with Crippen molar-refractivity contribution in [3.8, 4) is 0 Å². The van der Waals surface area contributed by atoms with Crippen LogP contribution in [0, 0.1) is 5.92 Å². The summed E-state index contributed by atoms with van der Waals surface area (Å²) in [5.41, 5.74) is -0.973. The Bertz CT molecular complexity index is 220. The first-order valence-corrected chi connectivity index (χ1v) is 5.58. The average Bonchev–Trinajstić information content (AvgIpc) is 2.07. The van der Waals surface area contributed by atoms with E-state index in [9.17, 15) is 9.90 Å². The van der Waals surface area contributed by atoms with Gasteiger partial charge in [-0.2, -0.15) is 0 Å². The molecule has 2 N–H and O–H groups in total. The number of hydrogen-bond acceptors (Lipinski definition) is 3. The lowest BCUT2D eigenvalue weighted by Crippen LogP contribution is -2.46. The highest BCUT2D eigenvalue weighted by molar-refractivity contribution is 5.68. The first kappa shape index (κ1) is 12.5. The molecule has 0 spiro atoms. The van der Waals surface area contributed by atoms with Crippen LogP contribution in [0.1, 0.15) is 33.1 Å². The molecule has 0 unspecified atom stereocenters. The van der Waals surface area contributed by atoms with Gasteiger partial charge in [-0.3, -0.25) is 4.79 Å². The van der Waals surface area contributed by atoms with Gasteiger partial charge in [-0.15, -0.1) is 0 Å². The Morgan fingerprint density at radius 3 is 2.33 bits per heavy atom. The van der Waals surface area contributed by atoms with Crippen molar-refractivity contribution < 1.29 is 15.0 Å². The van der Waals surface area contributed by atoms with Crippen LogP contribution in [0.4, 0.5) is 0 Å². The molecular weight excluding hydrogens is 194 g/mol. The van der Waals surface area contributed by atoms with Crippen LogP contribution in [0.15, 0.2) is 0 Å². The Labute approximate surface area is 90.9 Å². The molecule has 0 aliphatic carbocycles. The van der Waals surface area contributed by atoms with Crippen molar-refractivity contribution in [3.63, 3.8) is 0 Å². The Kier molecular flexibility index (Phi) is 4.11. The topological polar surface area (TPSA) is 60.8 Å². The van der Waals surface area contributed by atoms with Gasteiger partial charge in [0.05, 0.1) is 12.0 Å². The summed E-state index contributed by atoms with van der Waals surface area (Å²) in [5, 5.41) is 18.7. The van der Waals surface area contributed by atoms with Crippen LogP contribution in [0.25, 0.3) is 0 Å². The first-order valence-electron chi connectivity index (χ1n) is 5.58. The number of nitrogens with zero attached hydrogens (tertiary/aromatic N) is 1. The SMILES string of the molecule is CC(C)CN1CCC(O)(CC(=O)O)CC1. The van der Waals surface area contributed by atoms with Crippen LogP contribution in [0.2, 0.25) is 0 Å². The molecule has 1 heterocycles. The van der Waals surface area contributed by atoms with Crippen molar-refractivity contribution in [2.24, 2.45) is 5.92 Å².